The van der Waals surface area contributed by atoms with Crippen LogP contribution in [0.1, 0.15) is 22.9 Å². The summed E-state index contributed by atoms with van der Waals surface area (Å²) in [5.41, 5.74) is -3.66. The van der Waals surface area contributed by atoms with Gasteiger partial charge in [-0.15, -0.1) is 11.3 Å². The fourth-order valence-corrected chi connectivity index (χ4v) is 6.83. The lowest BCUT2D eigenvalue weighted by molar-refractivity contribution is -0.258. The monoisotopic (exact) mass is 484 g/mol. The van der Waals surface area contributed by atoms with Crippen LogP contribution in [0.4, 0.5) is 26.3 Å². The van der Waals surface area contributed by atoms with Crippen molar-refractivity contribution in [1.29, 1.82) is 0 Å². The zero-order valence-corrected chi connectivity index (χ0v) is 18.2. The Bertz CT molecular complexity index is 1400. The van der Waals surface area contributed by atoms with Gasteiger partial charge in [-0.2, -0.15) is 26.3 Å². The van der Waals surface area contributed by atoms with Gasteiger partial charge in [0.1, 0.15) is 0 Å². The van der Waals surface area contributed by atoms with Crippen LogP contribution < -0.4 is 0 Å². The fourth-order valence-electron chi connectivity index (χ4n) is 4.46. The van der Waals surface area contributed by atoms with Crippen molar-refractivity contribution in [1.82, 2.24) is 0 Å². The van der Waals surface area contributed by atoms with Gasteiger partial charge in [0.05, 0.1) is 15.7 Å². The molecule has 9 heteroatoms. The van der Waals surface area contributed by atoms with Crippen LogP contribution in [0, 0.1) is 6.92 Å². The van der Waals surface area contributed by atoms with Gasteiger partial charge in [-0.25, -0.2) is 4.21 Å². The molecule has 0 N–H and O–H groups in total. The predicted molar refractivity (Wildman–Crippen MR) is 114 cm³/mol. The Morgan fingerprint density at radius 3 is 2.12 bits per heavy atom. The van der Waals surface area contributed by atoms with E-state index in [1.165, 1.54) is 50.2 Å². The lowest BCUT2D eigenvalue weighted by Crippen LogP contribution is -2.49. The van der Waals surface area contributed by atoms with Crippen LogP contribution in [-0.2, 0) is 10.8 Å². The van der Waals surface area contributed by atoms with Gasteiger partial charge in [-0.1, -0.05) is 36.4 Å². The quantitative estimate of drug-likeness (QED) is 0.346. The van der Waals surface area contributed by atoms with Gasteiger partial charge in [0.25, 0.3) is 0 Å². The summed E-state index contributed by atoms with van der Waals surface area (Å²) < 4.78 is 104. The maximum atomic E-state index is 15.3. The van der Waals surface area contributed by atoms with Gasteiger partial charge in [0, 0.05) is 42.2 Å². The average Bonchev–Trinajstić information content (AvgIpc) is 3.22. The van der Waals surface area contributed by atoms with Crippen LogP contribution in [0.25, 0.3) is 21.2 Å². The summed E-state index contributed by atoms with van der Waals surface area (Å²) >= 11 is 1.06. The smallest absolute Gasteiger partial charge is 0.249 e. The first-order valence-corrected chi connectivity index (χ1v) is 11.5. The Kier molecular flexibility index (Phi) is 4.41. The molecule has 1 nitrogen and oxygen atoms in total. The molecule has 1 aliphatic heterocycles. The van der Waals surface area contributed by atoms with Crippen molar-refractivity contribution in [3.63, 3.8) is 0 Å². The van der Waals surface area contributed by atoms with E-state index >= 15 is 17.6 Å². The van der Waals surface area contributed by atoms with E-state index in [9.17, 15) is 13.0 Å². The van der Waals surface area contributed by atoms with Crippen molar-refractivity contribution in [3.05, 3.63) is 75.0 Å². The molecule has 2 heterocycles. The second kappa shape index (κ2) is 6.57. The third-order valence-electron chi connectivity index (χ3n) is 5.92. The summed E-state index contributed by atoms with van der Waals surface area (Å²) in [6.07, 6.45) is 0. The highest BCUT2D eigenvalue weighted by atomic mass is 32.2. The first-order chi connectivity index (χ1) is 14.9. The number of hydrogen-bond acceptors (Lipinski definition) is 2. The number of allylic oxidation sites excluding steroid dienone is 4. The Morgan fingerprint density at radius 2 is 1.41 bits per heavy atom. The summed E-state index contributed by atoms with van der Waals surface area (Å²) in [6.45, 7) is 2.69. The summed E-state index contributed by atoms with van der Waals surface area (Å²) in [5, 5.41) is 0.196. The van der Waals surface area contributed by atoms with Crippen LogP contribution in [0.2, 0.25) is 0 Å². The van der Waals surface area contributed by atoms with Crippen molar-refractivity contribution in [2.24, 2.45) is 0 Å². The first-order valence-electron chi connectivity index (χ1n) is 9.52. The number of thiophene rings is 1. The minimum Gasteiger partial charge on any atom is -0.249 e. The summed E-state index contributed by atoms with van der Waals surface area (Å²) in [6, 6.07) is 12.0. The zero-order chi connectivity index (χ0) is 23.2. The maximum absolute atomic E-state index is 15.3. The van der Waals surface area contributed by atoms with Gasteiger partial charge >= 0.3 is 17.8 Å². The van der Waals surface area contributed by atoms with Crippen LogP contribution in [0.15, 0.2) is 63.9 Å². The third-order valence-corrected chi connectivity index (χ3v) is 8.53. The van der Waals surface area contributed by atoms with E-state index in [1.807, 2.05) is 0 Å². The highest BCUT2D eigenvalue weighted by Crippen LogP contribution is 2.66. The van der Waals surface area contributed by atoms with Gasteiger partial charge in [-0.05, 0) is 31.5 Å². The van der Waals surface area contributed by atoms with E-state index in [-0.39, 0.29) is 31.2 Å². The molecule has 0 radical (unpaired) electrons. The first kappa shape index (κ1) is 21.5. The molecule has 2 aromatic carbocycles. The molecule has 0 fully saturated rings. The molecule has 1 unspecified atom stereocenters. The predicted octanol–water partition coefficient (Wildman–Crippen LogP) is 7.44. The molecular weight excluding hydrogens is 470 g/mol. The van der Waals surface area contributed by atoms with E-state index in [4.69, 9.17) is 0 Å². The lowest BCUT2D eigenvalue weighted by Gasteiger charge is -2.26. The Hall–Kier alpha value is -2.39. The number of aryl methyl sites for hydroxylation is 1. The van der Waals surface area contributed by atoms with Crippen molar-refractivity contribution < 1.29 is 30.6 Å². The Morgan fingerprint density at radius 1 is 0.812 bits per heavy atom. The normalized spacial score (nSPS) is 23.3. The number of benzene rings is 2. The van der Waals surface area contributed by atoms with Crippen LogP contribution in [0.5, 0.6) is 0 Å². The molecule has 1 aliphatic carbocycles. The molecule has 2 aliphatic rings. The molecule has 3 aromatic rings. The number of fused-ring (bicyclic) bond motifs is 2. The average molecular weight is 484 g/mol. The Labute approximate surface area is 185 Å². The highest BCUT2D eigenvalue weighted by molar-refractivity contribution is 7.89. The molecule has 166 valence electrons. The van der Waals surface area contributed by atoms with Crippen molar-refractivity contribution >= 4 is 43.4 Å². The molecule has 0 saturated heterocycles. The van der Waals surface area contributed by atoms with Crippen LogP contribution in [0.3, 0.4) is 0 Å². The molecule has 0 bridgehead atoms. The van der Waals surface area contributed by atoms with E-state index in [1.54, 1.807) is 12.1 Å². The number of hydrogen-bond donors (Lipinski definition) is 0. The molecule has 1 aromatic heterocycles. The van der Waals surface area contributed by atoms with Gasteiger partial charge in [0.2, 0.25) is 0 Å². The molecule has 0 amide bonds. The molecule has 1 atom stereocenters. The SMILES string of the molecule is CC1=C(C2=C(c3c(C)sc4ccccc34)C(F)(F)C(F)(F)C2(F)F)c2ccccc2S1=O. The minimum absolute atomic E-state index is 0.00111. The van der Waals surface area contributed by atoms with E-state index in [2.05, 4.69) is 0 Å². The van der Waals surface area contributed by atoms with Crippen LogP contribution >= 0.6 is 11.3 Å². The number of alkyl halides is 6. The molecule has 0 spiro atoms. The van der Waals surface area contributed by atoms with Gasteiger partial charge in [0.15, 0.2) is 0 Å². The van der Waals surface area contributed by atoms with Crippen LogP contribution in [-0.4, -0.2) is 22.0 Å². The van der Waals surface area contributed by atoms with Gasteiger partial charge < -0.3 is 0 Å². The number of rotatable bonds is 2. The maximum Gasteiger partial charge on any atom is 0.380 e. The topological polar surface area (TPSA) is 17.1 Å². The minimum atomic E-state index is -5.66. The summed E-state index contributed by atoms with van der Waals surface area (Å²) in [5.74, 6) is -16.0. The standard InChI is InChI=1S/C23H14F6OS2/c1-11-17(13-7-3-5-9-15(13)31-11)19-20(22(26,27)23(28,29)21(19,24)25)18-12(2)32(30)16-10-6-4-8-14(16)18/h3-10H,1-2H3. The summed E-state index contributed by atoms with van der Waals surface area (Å²) in [4.78, 5) is 0.203. The van der Waals surface area contributed by atoms with E-state index in [0.717, 1.165) is 11.3 Å². The molecule has 32 heavy (non-hydrogen) atoms. The van der Waals surface area contributed by atoms with Crippen molar-refractivity contribution in [2.75, 3.05) is 0 Å². The largest absolute Gasteiger partial charge is 0.380 e. The van der Waals surface area contributed by atoms with E-state index in [0.29, 0.717) is 4.70 Å². The highest BCUT2D eigenvalue weighted by Gasteiger charge is 2.81. The molecule has 5 rings (SSSR count). The summed E-state index contributed by atoms with van der Waals surface area (Å²) in [7, 11) is -1.92. The van der Waals surface area contributed by atoms with E-state index < -0.39 is 45.3 Å². The lowest BCUT2D eigenvalue weighted by atomic mass is 9.89. The third kappa shape index (κ3) is 2.43. The molecular formula is C23H14F6OS2. The van der Waals surface area contributed by atoms with Crippen molar-refractivity contribution in [2.45, 2.75) is 36.5 Å². The number of halogens is 6. The zero-order valence-electron chi connectivity index (χ0n) is 16.6. The van der Waals surface area contributed by atoms with Crippen molar-refractivity contribution in [3.8, 4) is 0 Å². The second-order valence-electron chi connectivity index (χ2n) is 7.70. The van der Waals surface area contributed by atoms with Gasteiger partial charge in [-0.3, -0.25) is 0 Å². The molecule has 0 saturated carbocycles. The second-order valence-corrected chi connectivity index (χ2v) is 10.5. The fraction of sp³-hybridized carbons (Fsp3) is 0.217. The Balaban J connectivity index is 1.98.